The van der Waals surface area contributed by atoms with Gasteiger partial charge in [0.2, 0.25) is 0 Å². The van der Waals surface area contributed by atoms with E-state index in [1.54, 1.807) is 19.1 Å². The van der Waals surface area contributed by atoms with Gasteiger partial charge in [-0.3, -0.25) is 9.59 Å². The molecule has 0 aliphatic heterocycles. The number of halogens is 1. The average Bonchev–Trinajstić information content (AvgIpc) is 2.65. The van der Waals surface area contributed by atoms with Crippen molar-refractivity contribution in [1.82, 2.24) is 4.90 Å². The molecule has 88 valence electrons. The van der Waals surface area contributed by atoms with E-state index >= 15 is 0 Å². The average molecular weight is 290 g/mol. The fraction of sp³-hybridized carbons (Fsp3) is 0.400. The molecule has 1 aromatic heterocycles. The molecule has 0 bridgehead atoms. The largest absolute Gasteiger partial charge is 0.481 e. The summed E-state index contributed by atoms with van der Waals surface area (Å²) >= 11 is 3.10. The lowest BCUT2D eigenvalue weighted by atomic mass is 10.3. The minimum atomic E-state index is -0.924. The maximum absolute atomic E-state index is 11.8. The summed E-state index contributed by atoms with van der Waals surface area (Å²) < 4.78 is 5.59. The van der Waals surface area contributed by atoms with Crippen LogP contribution in [0.3, 0.4) is 0 Å². The van der Waals surface area contributed by atoms with E-state index in [1.165, 1.54) is 4.90 Å². The number of rotatable bonds is 5. The third kappa shape index (κ3) is 3.37. The summed E-state index contributed by atoms with van der Waals surface area (Å²) in [5, 5.41) is 8.55. The lowest BCUT2D eigenvalue weighted by Crippen LogP contribution is -2.32. The highest BCUT2D eigenvalue weighted by Gasteiger charge is 2.18. The van der Waals surface area contributed by atoms with E-state index < -0.39 is 5.97 Å². The van der Waals surface area contributed by atoms with Crippen molar-refractivity contribution in [1.29, 1.82) is 0 Å². The minimum Gasteiger partial charge on any atom is -0.481 e. The van der Waals surface area contributed by atoms with Crippen LogP contribution in [0.2, 0.25) is 0 Å². The quantitative estimate of drug-likeness (QED) is 0.900. The number of carboxylic acid groups (broad SMARTS) is 1. The van der Waals surface area contributed by atoms with Crippen LogP contribution in [-0.2, 0) is 4.79 Å². The van der Waals surface area contributed by atoms with Crippen LogP contribution in [-0.4, -0.2) is 35.0 Å². The van der Waals surface area contributed by atoms with Crippen LogP contribution in [0.4, 0.5) is 0 Å². The number of carbonyl (C=O) groups excluding carboxylic acids is 1. The highest BCUT2D eigenvalue weighted by molar-refractivity contribution is 9.10. The molecule has 16 heavy (non-hydrogen) atoms. The maximum atomic E-state index is 11.8. The van der Waals surface area contributed by atoms with Crippen LogP contribution < -0.4 is 0 Å². The van der Waals surface area contributed by atoms with E-state index in [0.717, 1.165) is 0 Å². The molecule has 1 aromatic rings. The Morgan fingerprint density at radius 3 is 2.62 bits per heavy atom. The van der Waals surface area contributed by atoms with Crippen LogP contribution in [0.15, 0.2) is 21.2 Å². The predicted molar refractivity (Wildman–Crippen MR) is 60.2 cm³/mol. The number of nitrogens with zero attached hydrogens (tertiary/aromatic N) is 1. The predicted octanol–water partition coefficient (Wildman–Crippen LogP) is 1.98. The van der Waals surface area contributed by atoms with Gasteiger partial charge in [0.15, 0.2) is 10.4 Å². The summed E-state index contributed by atoms with van der Waals surface area (Å²) in [6, 6.07) is 3.17. The van der Waals surface area contributed by atoms with Crippen LogP contribution in [0.1, 0.15) is 23.9 Å². The zero-order valence-electron chi connectivity index (χ0n) is 8.77. The van der Waals surface area contributed by atoms with Gasteiger partial charge in [-0.1, -0.05) is 0 Å². The summed E-state index contributed by atoms with van der Waals surface area (Å²) in [5.41, 5.74) is 0. The standard InChI is InChI=1S/C10H12BrNO4/c1-2-12(6-5-9(13)14)10(15)7-3-4-8(11)16-7/h3-4H,2,5-6H2,1H3,(H,13,14). The third-order valence-electron chi connectivity index (χ3n) is 2.05. The molecule has 0 spiro atoms. The van der Waals surface area contributed by atoms with Crippen LogP contribution in [0.5, 0.6) is 0 Å². The topological polar surface area (TPSA) is 70.8 Å². The van der Waals surface area contributed by atoms with E-state index in [9.17, 15) is 9.59 Å². The number of carboxylic acids is 1. The highest BCUT2D eigenvalue weighted by Crippen LogP contribution is 2.15. The first-order chi connectivity index (χ1) is 7.54. The van der Waals surface area contributed by atoms with Crippen molar-refractivity contribution in [3.63, 3.8) is 0 Å². The second-order valence-electron chi connectivity index (χ2n) is 3.13. The SMILES string of the molecule is CCN(CCC(=O)O)C(=O)c1ccc(Br)o1. The first kappa shape index (κ1) is 12.8. The Bertz CT molecular complexity index is 388. The Labute approximate surface area is 101 Å². The van der Waals surface area contributed by atoms with Gasteiger partial charge < -0.3 is 14.4 Å². The fourth-order valence-electron chi connectivity index (χ4n) is 1.22. The minimum absolute atomic E-state index is 0.0680. The van der Waals surface area contributed by atoms with Gasteiger partial charge in [0.25, 0.3) is 5.91 Å². The Hall–Kier alpha value is -1.30. The van der Waals surface area contributed by atoms with Gasteiger partial charge in [0.1, 0.15) is 0 Å². The lowest BCUT2D eigenvalue weighted by Gasteiger charge is -2.18. The number of aliphatic carboxylic acids is 1. The molecule has 0 fully saturated rings. The smallest absolute Gasteiger partial charge is 0.305 e. The Kier molecular flexibility index (Phi) is 4.54. The van der Waals surface area contributed by atoms with Crippen molar-refractivity contribution in [3.8, 4) is 0 Å². The van der Waals surface area contributed by atoms with E-state index in [2.05, 4.69) is 15.9 Å². The molecular formula is C10H12BrNO4. The van der Waals surface area contributed by atoms with Gasteiger partial charge in [0, 0.05) is 13.1 Å². The molecule has 0 radical (unpaired) electrons. The fourth-order valence-corrected chi connectivity index (χ4v) is 1.53. The van der Waals surface area contributed by atoms with Gasteiger partial charge in [-0.25, -0.2) is 0 Å². The molecule has 1 N–H and O–H groups in total. The Morgan fingerprint density at radius 1 is 1.50 bits per heavy atom. The Morgan fingerprint density at radius 2 is 2.19 bits per heavy atom. The van der Waals surface area contributed by atoms with E-state index in [1.807, 2.05) is 0 Å². The Balaban J connectivity index is 2.66. The van der Waals surface area contributed by atoms with Crippen molar-refractivity contribution < 1.29 is 19.1 Å². The highest BCUT2D eigenvalue weighted by atomic mass is 79.9. The van der Waals surface area contributed by atoms with Gasteiger partial charge in [-0.15, -0.1) is 0 Å². The van der Waals surface area contributed by atoms with Gasteiger partial charge >= 0.3 is 5.97 Å². The summed E-state index contributed by atoms with van der Waals surface area (Å²) in [6.07, 6.45) is -0.0680. The number of carbonyl (C=O) groups is 2. The second-order valence-corrected chi connectivity index (χ2v) is 3.91. The third-order valence-corrected chi connectivity index (χ3v) is 2.47. The monoisotopic (exact) mass is 289 g/mol. The summed E-state index contributed by atoms with van der Waals surface area (Å²) in [7, 11) is 0. The van der Waals surface area contributed by atoms with Crippen LogP contribution in [0, 0.1) is 0 Å². The molecule has 1 heterocycles. The van der Waals surface area contributed by atoms with Crippen LogP contribution in [0.25, 0.3) is 0 Å². The van der Waals surface area contributed by atoms with Crippen molar-refractivity contribution in [2.75, 3.05) is 13.1 Å². The molecule has 5 nitrogen and oxygen atoms in total. The normalized spacial score (nSPS) is 10.1. The maximum Gasteiger partial charge on any atom is 0.305 e. The number of hydrogen-bond acceptors (Lipinski definition) is 3. The van der Waals surface area contributed by atoms with Crippen molar-refractivity contribution in [2.24, 2.45) is 0 Å². The van der Waals surface area contributed by atoms with Crippen molar-refractivity contribution >= 4 is 27.8 Å². The number of amides is 1. The summed E-state index contributed by atoms with van der Waals surface area (Å²) in [4.78, 5) is 23.7. The molecule has 0 aliphatic rings. The second kappa shape index (κ2) is 5.69. The van der Waals surface area contributed by atoms with Gasteiger partial charge in [0.05, 0.1) is 6.42 Å². The summed E-state index contributed by atoms with van der Waals surface area (Å²) in [6.45, 7) is 2.42. The van der Waals surface area contributed by atoms with Gasteiger partial charge in [-0.2, -0.15) is 0 Å². The molecule has 0 saturated heterocycles. The molecular weight excluding hydrogens is 278 g/mol. The molecule has 0 saturated carbocycles. The molecule has 6 heteroatoms. The van der Waals surface area contributed by atoms with E-state index in [4.69, 9.17) is 9.52 Å². The molecule has 1 amide bonds. The molecule has 0 aliphatic carbocycles. The molecule has 0 aromatic carbocycles. The van der Waals surface area contributed by atoms with Gasteiger partial charge in [-0.05, 0) is 35.0 Å². The first-order valence-corrected chi connectivity index (χ1v) is 5.60. The zero-order valence-corrected chi connectivity index (χ0v) is 10.4. The molecule has 1 rings (SSSR count). The lowest BCUT2D eigenvalue weighted by molar-refractivity contribution is -0.137. The van der Waals surface area contributed by atoms with E-state index in [0.29, 0.717) is 11.2 Å². The molecule has 0 unspecified atom stereocenters. The summed E-state index contributed by atoms with van der Waals surface area (Å²) in [5.74, 6) is -1.01. The van der Waals surface area contributed by atoms with E-state index in [-0.39, 0.29) is 24.6 Å². The zero-order chi connectivity index (χ0) is 12.1. The van der Waals surface area contributed by atoms with Crippen molar-refractivity contribution in [3.05, 3.63) is 22.6 Å². The van der Waals surface area contributed by atoms with Crippen LogP contribution >= 0.6 is 15.9 Å². The molecule has 0 atom stereocenters. The van der Waals surface area contributed by atoms with Crippen molar-refractivity contribution in [2.45, 2.75) is 13.3 Å². The number of furan rings is 1. The first-order valence-electron chi connectivity index (χ1n) is 4.81. The number of hydrogen-bond donors (Lipinski definition) is 1.